The van der Waals surface area contributed by atoms with Crippen molar-refractivity contribution < 1.29 is 5.11 Å². The average Bonchev–Trinajstić information content (AvgIpc) is 2.24. The van der Waals surface area contributed by atoms with Gasteiger partial charge in [0.1, 0.15) is 0 Å². The molecule has 0 heterocycles. The van der Waals surface area contributed by atoms with Gasteiger partial charge >= 0.3 is 0 Å². The van der Waals surface area contributed by atoms with Crippen molar-refractivity contribution in [2.75, 3.05) is 5.75 Å². The van der Waals surface area contributed by atoms with Crippen molar-refractivity contribution in [3.8, 4) is 11.8 Å². The van der Waals surface area contributed by atoms with E-state index >= 15 is 0 Å². The molecule has 0 radical (unpaired) electrons. The minimum atomic E-state index is -0.394. The highest BCUT2D eigenvalue weighted by Gasteiger charge is 2.03. The van der Waals surface area contributed by atoms with Gasteiger partial charge in [-0.05, 0) is 45.4 Å². The zero-order valence-electron chi connectivity index (χ0n) is 10.9. The molecule has 1 aromatic rings. The molecule has 0 bridgehead atoms. The lowest BCUT2D eigenvalue weighted by Crippen LogP contribution is -1.99. The van der Waals surface area contributed by atoms with Crippen LogP contribution in [0.5, 0.6) is 0 Å². The molecule has 0 aliphatic rings. The molecule has 1 aromatic carbocycles. The number of hydrogen-bond donors (Lipinski definition) is 1. The quantitative estimate of drug-likeness (QED) is 0.647. The number of hydrogen-bond acceptors (Lipinski definition) is 2. The Labute approximate surface area is 109 Å². The minimum absolute atomic E-state index is 0.0801. The monoisotopic (exact) mass is 248 g/mol. The fraction of sp³-hybridized carbons (Fsp3) is 0.467. The molecule has 0 saturated heterocycles. The number of thioether (sulfide) groups is 1. The molecule has 1 atom stereocenters. The van der Waals surface area contributed by atoms with Gasteiger partial charge < -0.3 is 5.11 Å². The molecule has 0 fully saturated rings. The van der Waals surface area contributed by atoms with Crippen molar-refractivity contribution in [2.45, 2.75) is 38.7 Å². The van der Waals surface area contributed by atoms with E-state index < -0.39 is 6.10 Å². The SMILES string of the molecule is CC(O)c1ccc(SCC#CC(C)(C)C)cc1. The van der Waals surface area contributed by atoms with Gasteiger partial charge in [0, 0.05) is 10.3 Å². The third kappa shape index (κ3) is 5.81. The predicted octanol–water partition coefficient (Wildman–Crippen LogP) is 3.88. The van der Waals surface area contributed by atoms with E-state index in [0.29, 0.717) is 0 Å². The van der Waals surface area contributed by atoms with Crippen LogP contribution in [0, 0.1) is 17.3 Å². The van der Waals surface area contributed by atoms with E-state index in [-0.39, 0.29) is 5.41 Å². The molecule has 92 valence electrons. The Balaban J connectivity index is 2.50. The van der Waals surface area contributed by atoms with Gasteiger partial charge in [0.05, 0.1) is 11.9 Å². The smallest absolute Gasteiger partial charge is 0.0761 e. The van der Waals surface area contributed by atoms with Gasteiger partial charge in [-0.3, -0.25) is 0 Å². The molecule has 0 aliphatic heterocycles. The summed E-state index contributed by atoms with van der Waals surface area (Å²) in [5.41, 5.74) is 1.03. The van der Waals surface area contributed by atoms with Crippen molar-refractivity contribution in [3.05, 3.63) is 29.8 Å². The lowest BCUT2D eigenvalue weighted by molar-refractivity contribution is 0.199. The largest absolute Gasteiger partial charge is 0.389 e. The third-order valence-corrected chi connectivity index (χ3v) is 3.03. The Kier molecular flexibility index (Phi) is 5.11. The lowest BCUT2D eigenvalue weighted by Gasteiger charge is -2.07. The molecule has 1 unspecified atom stereocenters. The lowest BCUT2D eigenvalue weighted by atomic mass is 9.98. The highest BCUT2D eigenvalue weighted by atomic mass is 32.2. The molecule has 1 nitrogen and oxygen atoms in total. The summed E-state index contributed by atoms with van der Waals surface area (Å²) in [6, 6.07) is 7.99. The Hall–Kier alpha value is -0.910. The van der Waals surface area contributed by atoms with E-state index in [0.717, 1.165) is 11.3 Å². The summed E-state index contributed by atoms with van der Waals surface area (Å²) in [7, 11) is 0. The predicted molar refractivity (Wildman–Crippen MR) is 75.0 cm³/mol. The van der Waals surface area contributed by atoms with E-state index in [9.17, 15) is 5.11 Å². The van der Waals surface area contributed by atoms with Gasteiger partial charge in [-0.15, -0.1) is 11.8 Å². The topological polar surface area (TPSA) is 20.2 Å². The maximum atomic E-state index is 9.39. The minimum Gasteiger partial charge on any atom is -0.389 e. The summed E-state index contributed by atoms with van der Waals surface area (Å²) < 4.78 is 0. The van der Waals surface area contributed by atoms with Gasteiger partial charge in [0.15, 0.2) is 0 Å². The van der Waals surface area contributed by atoms with Gasteiger partial charge in [-0.25, -0.2) is 0 Å². The van der Waals surface area contributed by atoms with Crippen LogP contribution in [0.15, 0.2) is 29.2 Å². The van der Waals surface area contributed by atoms with Crippen molar-refractivity contribution >= 4 is 11.8 Å². The van der Waals surface area contributed by atoms with E-state index in [1.807, 2.05) is 24.3 Å². The van der Waals surface area contributed by atoms with Crippen molar-refractivity contribution in [3.63, 3.8) is 0 Å². The van der Waals surface area contributed by atoms with Gasteiger partial charge in [0.2, 0.25) is 0 Å². The zero-order valence-corrected chi connectivity index (χ0v) is 11.8. The van der Waals surface area contributed by atoms with Crippen LogP contribution in [0.1, 0.15) is 39.4 Å². The van der Waals surface area contributed by atoms with Gasteiger partial charge in [0.25, 0.3) is 0 Å². The molecule has 17 heavy (non-hydrogen) atoms. The summed E-state index contributed by atoms with van der Waals surface area (Å²) in [5, 5.41) is 9.39. The van der Waals surface area contributed by atoms with E-state index in [4.69, 9.17) is 0 Å². The molecule has 0 aliphatic carbocycles. The number of aliphatic hydroxyl groups is 1. The fourth-order valence-electron chi connectivity index (χ4n) is 1.26. The van der Waals surface area contributed by atoms with E-state index in [1.165, 1.54) is 4.90 Å². The number of benzene rings is 1. The number of aliphatic hydroxyl groups excluding tert-OH is 1. The Morgan fingerprint density at radius 2 is 1.82 bits per heavy atom. The maximum absolute atomic E-state index is 9.39. The molecule has 0 amide bonds. The molecular weight excluding hydrogens is 228 g/mol. The third-order valence-electron chi connectivity index (χ3n) is 2.14. The van der Waals surface area contributed by atoms with E-state index in [1.54, 1.807) is 18.7 Å². The van der Waals surface area contributed by atoms with Crippen LogP contribution in [0.3, 0.4) is 0 Å². The van der Waals surface area contributed by atoms with Crippen molar-refractivity contribution in [1.82, 2.24) is 0 Å². The normalized spacial score (nSPS) is 12.8. The average molecular weight is 248 g/mol. The fourth-order valence-corrected chi connectivity index (χ4v) is 1.90. The van der Waals surface area contributed by atoms with Crippen LogP contribution >= 0.6 is 11.8 Å². The Bertz CT molecular complexity index is 401. The molecule has 1 rings (SSSR count). The zero-order chi connectivity index (χ0) is 12.9. The molecule has 1 N–H and O–H groups in total. The second-order valence-electron chi connectivity index (χ2n) is 5.09. The summed E-state index contributed by atoms with van der Waals surface area (Å²) in [6.07, 6.45) is -0.394. The van der Waals surface area contributed by atoms with Crippen LogP contribution in [0.25, 0.3) is 0 Å². The molecule has 0 spiro atoms. The first-order valence-corrected chi connectivity index (χ1v) is 6.78. The van der Waals surface area contributed by atoms with Gasteiger partial charge in [-0.1, -0.05) is 24.0 Å². The summed E-state index contributed by atoms with van der Waals surface area (Å²) in [5.74, 6) is 7.20. The first-order chi connectivity index (χ1) is 7.88. The second-order valence-corrected chi connectivity index (χ2v) is 6.13. The number of rotatable bonds is 3. The molecular formula is C15H20OS. The summed E-state index contributed by atoms with van der Waals surface area (Å²) in [6.45, 7) is 8.11. The van der Waals surface area contributed by atoms with E-state index in [2.05, 4.69) is 32.6 Å². The van der Waals surface area contributed by atoms with Crippen molar-refractivity contribution in [1.29, 1.82) is 0 Å². The van der Waals surface area contributed by atoms with Crippen LogP contribution in [0.4, 0.5) is 0 Å². The standard InChI is InChI=1S/C15H20OS/c1-12(16)13-6-8-14(9-7-13)17-11-5-10-15(2,3)4/h6-9,12,16H,11H2,1-4H3. The highest BCUT2D eigenvalue weighted by molar-refractivity contribution is 7.99. The molecule has 0 aromatic heterocycles. The Morgan fingerprint density at radius 3 is 2.29 bits per heavy atom. The van der Waals surface area contributed by atoms with Crippen LogP contribution in [0.2, 0.25) is 0 Å². The highest BCUT2D eigenvalue weighted by Crippen LogP contribution is 2.20. The van der Waals surface area contributed by atoms with Gasteiger partial charge in [-0.2, -0.15) is 0 Å². The second kappa shape index (κ2) is 6.14. The first kappa shape index (κ1) is 14.2. The Morgan fingerprint density at radius 1 is 1.24 bits per heavy atom. The first-order valence-electron chi connectivity index (χ1n) is 5.79. The van der Waals surface area contributed by atoms with Crippen LogP contribution in [-0.2, 0) is 0 Å². The van der Waals surface area contributed by atoms with Crippen LogP contribution in [-0.4, -0.2) is 10.9 Å². The summed E-state index contributed by atoms with van der Waals surface area (Å²) in [4.78, 5) is 1.19. The molecule has 0 saturated carbocycles. The molecule has 2 heteroatoms. The van der Waals surface area contributed by atoms with Crippen molar-refractivity contribution in [2.24, 2.45) is 5.41 Å². The summed E-state index contributed by atoms with van der Waals surface area (Å²) >= 11 is 1.73. The maximum Gasteiger partial charge on any atom is 0.0761 e. The van der Waals surface area contributed by atoms with Crippen LogP contribution < -0.4 is 0 Å².